The first-order chi connectivity index (χ1) is 16.3. The van der Waals surface area contributed by atoms with Gasteiger partial charge in [0, 0.05) is 24.3 Å². The lowest BCUT2D eigenvalue weighted by Gasteiger charge is -2.11. The monoisotopic (exact) mass is 469 g/mol. The minimum atomic E-state index is -4.38. The van der Waals surface area contributed by atoms with Crippen molar-refractivity contribution in [2.75, 3.05) is 13.7 Å². The SMILES string of the molecule is COCc1ccc(-c2ccc3c(F)c(CCc4ccc(OCC(F)(F)F)cc4)ccc3c2)nc1. The summed E-state index contributed by atoms with van der Waals surface area (Å²) in [6, 6.07) is 19.5. The van der Waals surface area contributed by atoms with Crippen LogP contribution in [0.15, 0.2) is 72.9 Å². The van der Waals surface area contributed by atoms with Crippen LogP contribution in [-0.4, -0.2) is 24.9 Å². The number of aromatic nitrogens is 1. The van der Waals surface area contributed by atoms with Crippen LogP contribution in [0.5, 0.6) is 5.75 Å². The summed E-state index contributed by atoms with van der Waals surface area (Å²) in [5.41, 5.74) is 4.15. The van der Waals surface area contributed by atoms with Crippen molar-refractivity contribution < 1.29 is 27.0 Å². The van der Waals surface area contributed by atoms with Crippen molar-refractivity contribution in [3.63, 3.8) is 0 Å². The van der Waals surface area contributed by atoms with Gasteiger partial charge in [-0.3, -0.25) is 4.98 Å². The summed E-state index contributed by atoms with van der Waals surface area (Å²) in [7, 11) is 1.63. The van der Waals surface area contributed by atoms with E-state index in [1.807, 2.05) is 30.3 Å². The minimum absolute atomic E-state index is 0.150. The van der Waals surface area contributed by atoms with Crippen LogP contribution in [0, 0.1) is 5.82 Å². The van der Waals surface area contributed by atoms with Gasteiger partial charge in [-0.15, -0.1) is 0 Å². The second-order valence-corrected chi connectivity index (χ2v) is 8.01. The Kier molecular flexibility index (Phi) is 7.12. The molecule has 0 saturated carbocycles. The summed E-state index contributed by atoms with van der Waals surface area (Å²) in [4.78, 5) is 4.47. The molecule has 0 atom stereocenters. The van der Waals surface area contributed by atoms with E-state index < -0.39 is 12.8 Å². The molecule has 4 aromatic rings. The molecule has 0 aliphatic carbocycles. The second kappa shape index (κ2) is 10.2. The van der Waals surface area contributed by atoms with Gasteiger partial charge in [0.25, 0.3) is 0 Å². The number of ether oxygens (including phenoxy) is 2. The molecule has 3 nitrogen and oxygen atoms in total. The fraction of sp³-hybridized carbons (Fsp3) is 0.222. The van der Waals surface area contributed by atoms with E-state index in [4.69, 9.17) is 9.47 Å². The van der Waals surface area contributed by atoms with Gasteiger partial charge in [-0.05, 0) is 59.2 Å². The summed E-state index contributed by atoms with van der Waals surface area (Å²) < 4.78 is 61.8. The van der Waals surface area contributed by atoms with Crippen molar-refractivity contribution in [1.82, 2.24) is 4.98 Å². The Morgan fingerprint density at radius 3 is 2.29 bits per heavy atom. The van der Waals surface area contributed by atoms with Crippen molar-refractivity contribution >= 4 is 10.8 Å². The van der Waals surface area contributed by atoms with Crippen LogP contribution in [0.25, 0.3) is 22.0 Å². The fourth-order valence-corrected chi connectivity index (χ4v) is 3.73. The highest BCUT2D eigenvalue weighted by atomic mass is 19.4. The molecule has 0 bridgehead atoms. The van der Waals surface area contributed by atoms with E-state index in [9.17, 15) is 13.2 Å². The van der Waals surface area contributed by atoms with Gasteiger partial charge in [-0.25, -0.2) is 4.39 Å². The topological polar surface area (TPSA) is 31.4 Å². The molecule has 0 unspecified atom stereocenters. The Morgan fingerprint density at radius 1 is 0.853 bits per heavy atom. The first-order valence-electron chi connectivity index (χ1n) is 10.8. The Bertz CT molecular complexity index is 1250. The molecule has 0 spiro atoms. The molecule has 176 valence electrons. The number of hydrogen-bond acceptors (Lipinski definition) is 3. The highest BCUT2D eigenvalue weighted by Crippen LogP contribution is 2.28. The Balaban J connectivity index is 1.44. The summed E-state index contributed by atoms with van der Waals surface area (Å²) >= 11 is 0. The van der Waals surface area contributed by atoms with Crippen molar-refractivity contribution in [1.29, 1.82) is 0 Å². The number of methoxy groups -OCH3 is 1. The summed E-state index contributed by atoms with van der Waals surface area (Å²) in [6.07, 6.45) is -1.59. The third-order valence-electron chi connectivity index (χ3n) is 5.47. The molecule has 1 heterocycles. The molecule has 0 aliphatic rings. The van der Waals surface area contributed by atoms with Gasteiger partial charge in [0.2, 0.25) is 0 Å². The molecule has 34 heavy (non-hydrogen) atoms. The summed E-state index contributed by atoms with van der Waals surface area (Å²) in [5, 5.41) is 1.32. The normalized spacial score (nSPS) is 11.7. The van der Waals surface area contributed by atoms with Crippen LogP contribution in [0.1, 0.15) is 16.7 Å². The van der Waals surface area contributed by atoms with Crippen LogP contribution in [0.2, 0.25) is 0 Å². The first-order valence-corrected chi connectivity index (χ1v) is 10.8. The van der Waals surface area contributed by atoms with E-state index in [-0.39, 0.29) is 11.6 Å². The lowest BCUT2D eigenvalue weighted by molar-refractivity contribution is -0.153. The summed E-state index contributed by atoms with van der Waals surface area (Å²) in [5.74, 6) is -0.117. The lowest BCUT2D eigenvalue weighted by atomic mass is 9.98. The van der Waals surface area contributed by atoms with Crippen LogP contribution < -0.4 is 4.74 Å². The molecule has 0 radical (unpaired) electrons. The molecule has 1 aromatic heterocycles. The second-order valence-electron chi connectivity index (χ2n) is 8.01. The van der Waals surface area contributed by atoms with Gasteiger partial charge in [0.05, 0.1) is 12.3 Å². The predicted octanol–water partition coefficient (Wildman–Crippen LogP) is 6.91. The van der Waals surface area contributed by atoms with Crippen LogP contribution in [-0.2, 0) is 24.2 Å². The van der Waals surface area contributed by atoms with E-state index in [1.54, 1.807) is 37.6 Å². The van der Waals surface area contributed by atoms with Gasteiger partial charge in [-0.1, -0.05) is 42.5 Å². The zero-order valence-electron chi connectivity index (χ0n) is 18.5. The maximum atomic E-state index is 15.2. The molecule has 7 heteroatoms. The molecule has 0 amide bonds. The number of halogens is 4. The molecule has 3 aromatic carbocycles. The van der Waals surface area contributed by atoms with Crippen LogP contribution >= 0.6 is 0 Å². The first kappa shape index (κ1) is 23.7. The fourth-order valence-electron chi connectivity index (χ4n) is 3.73. The number of nitrogens with zero attached hydrogens (tertiary/aromatic N) is 1. The van der Waals surface area contributed by atoms with Crippen molar-refractivity contribution in [2.24, 2.45) is 0 Å². The average molecular weight is 469 g/mol. The molecule has 0 fully saturated rings. The number of pyridine rings is 1. The molecule has 0 N–H and O–H groups in total. The molecule has 0 saturated heterocycles. The van der Waals surface area contributed by atoms with E-state index >= 15 is 4.39 Å². The predicted molar refractivity (Wildman–Crippen MR) is 123 cm³/mol. The van der Waals surface area contributed by atoms with Crippen molar-refractivity contribution in [3.8, 4) is 17.0 Å². The third-order valence-corrected chi connectivity index (χ3v) is 5.47. The van der Waals surface area contributed by atoms with E-state index in [0.717, 1.165) is 27.8 Å². The lowest BCUT2D eigenvalue weighted by Crippen LogP contribution is -2.19. The van der Waals surface area contributed by atoms with Gasteiger partial charge < -0.3 is 9.47 Å². The minimum Gasteiger partial charge on any atom is -0.484 e. The Morgan fingerprint density at radius 2 is 1.62 bits per heavy atom. The van der Waals surface area contributed by atoms with Crippen molar-refractivity contribution in [2.45, 2.75) is 25.6 Å². The smallest absolute Gasteiger partial charge is 0.422 e. The van der Waals surface area contributed by atoms with E-state index in [0.29, 0.717) is 30.4 Å². The van der Waals surface area contributed by atoms with E-state index in [2.05, 4.69) is 4.98 Å². The van der Waals surface area contributed by atoms with Crippen LogP contribution in [0.3, 0.4) is 0 Å². The number of fused-ring (bicyclic) bond motifs is 1. The van der Waals surface area contributed by atoms with Gasteiger partial charge >= 0.3 is 6.18 Å². The Labute approximate surface area is 195 Å². The number of hydrogen-bond donors (Lipinski definition) is 0. The standard InChI is InChI=1S/C27H23F4NO2/c1-33-16-19-5-13-25(32-15-19)22-9-12-24-21(14-22)8-7-20(26(24)28)6-2-18-3-10-23(11-4-18)34-17-27(29,30)31/h3-5,7-15H,2,6,16-17H2,1H3. The highest BCUT2D eigenvalue weighted by molar-refractivity contribution is 5.88. The van der Waals surface area contributed by atoms with Crippen LogP contribution in [0.4, 0.5) is 17.6 Å². The maximum Gasteiger partial charge on any atom is 0.422 e. The molecule has 4 rings (SSSR count). The maximum absolute atomic E-state index is 15.2. The zero-order valence-corrected chi connectivity index (χ0v) is 18.5. The average Bonchev–Trinajstić information content (AvgIpc) is 2.83. The Hall–Kier alpha value is -3.45. The number of benzene rings is 3. The number of aryl methyl sites for hydroxylation is 2. The molecular weight excluding hydrogens is 446 g/mol. The van der Waals surface area contributed by atoms with E-state index in [1.165, 1.54) is 12.1 Å². The van der Waals surface area contributed by atoms with Gasteiger partial charge in [0.15, 0.2) is 6.61 Å². The number of alkyl halides is 3. The summed E-state index contributed by atoms with van der Waals surface area (Å²) in [6.45, 7) is -0.833. The molecular formula is C27H23F4NO2. The van der Waals surface area contributed by atoms with Gasteiger partial charge in [0.1, 0.15) is 11.6 Å². The highest BCUT2D eigenvalue weighted by Gasteiger charge is 2.28. The largest absolute Gasteiger partial charge is 0.484 e. The van der Waals surface area contributed by atoms with Gasteiger partial charge in [-0.2, -0.15) is 13.2 Å². The zero-order chi connectivity index (χ0) is 24.1. The molecule has 0 aliphatic heterocycles. The third kappa shape index (κ3) is 5.91. The number of rotatable bonds is 8. The van der Waals surface area contributed by atoms with Crippen molar-refractivity contribution in [3.05, 3.63) is 95.4 Å². The quantitative estimate of drug-likeness (QED) is 0.263.